The number of hydrogen-bond acceptors (Lipinski definition) is 3. The number of fused-ring (bicyclic) bond motifs is 1. The van der Waals surface area contributed by atoms with E-state index < -0.39 is 0 Å². The molecule has 64 valence electrons. The van der Waals surface area contributed by atoms with Gasteiger partial charge in [0.15, 0.2) is 5.78 Å². The van der Waals surface area contributed by atoms with Gasteiger partial charge >= 0.3 is 0 Å². The van der Waals surface area contributed by atoms with Gasteiger partial charge in [-0.1, -0.05) is 0 Å². The summed E-state index contributed by atoms with van der Waals surface area (Å²) in [5.41, 5.74) is 1.25. The SMILES string of the molecule is CC(=O)c1cc2c(s1)CCN2C. The van der Waals surface area contributed by atoms with Crippen LogP contribution in [0.15, 0.2) is 6.07 Å². The second-order valence-electron chi connectivity index (χ2n) is 3.15. The Morgan fingerprint density at radius 2 is 2.42 bits per heavy atom. The molecule has 2 rings (SSSR count). The van der Waals surface area contributed by atoms with Crippen molar-refractivity contribution in [2.24, 2.45) is 0 Å². The van der Waals surface area contributed by atoms with Gasteiger partial charge in [-0.3, -0.25) is 4.79 Å². The average molecular weight is 181 g/mol. The first kappa shape index (κ1) is 7.80. The summed E-state index contributed by atoms with van der Waals surface area (Å²) in [5, 5.41) is 0. The highest BCUT2D eigenvalue weighted by Gasteiger charge is 2.20. The fraction of sp³-hybridized carbons (Fsp3) is 0.444. The molecule has 0 aliphatic carbocycles. The second-order valence-corrected chi connectivity index (χ2v) is 4.28. The first-order valence-corrected chi connectivity index (χ1v) is 4.85. The van der Waals surface area contributed by atoms with Crippen molar-refractivity contribution in [3.63, 3.8) is 0 Å². The molecule has 1 aromatic heterocycles. The third-order valence-electron chi connectivity index (χ3n) is 2.22. The van der Waals surface area contributed by atoms with Gasteiger partial charge in [0.2, 0.25) is 0 Å². The average Bonchev–Trinajstić information content (AvgIpc) is 2.53. The van der Waals surface area contributed by atoms with E-state index in [1.807, 2.05) is 6.07 Å². The molecule has 2 heterocycles. The van der Waals surface area contributed by atoms with Crippen LogP contribution in [-0.4, -0.2) is 19.4 Å². The maximum atomic E-state index is 11.0. The van der Waals surface area contributed by atoms with Crippen molar-refractivity contribution in [1.82, 2.24) is 0 Å². The molecule has 12 heavy (non-hydrogen) atoms. The molecule has 0 atom stereocenters. The first-order valence-electron chi connectivity index (χ1n) is 4.03. The maximum absolute atomic E-state index is 11.0. The van der Waals surface area contributed by atoms with E-state index in [2.05, 4.69) is 11.9 Å². The lowest BCUT2D eigenvalue weighted by Gasteiger charge is -2.08. The van der Waals surface area contributed by atoms with Gasteiger partial charge < -0.3 is 4.90 Å². The van der Waals surface area contributed by atoms with Gasteiger partial charge in [0.05, 0.1) is 10.6 Å². The number of hydrogen-bond donors (Lipinski definition) is 0. The standard InChI is InChI=1S/C9H11NOS/c1-6(11)9-5-7-8(12-9)3-4-10(7)2/h5H,3-4H2,1-2H3. The Balaban J connectivity index is 2.43. The van der Waals surface area contributed by atoms with Crippen molar-refractivity contribution >= 4 is 22.8 Å². The Morgan fingerprint density at radius 3 is 3.00 bits per heavy atom. The number of rotatable bonds is 1. The molecule has 0 fully saturated rings. The van der Waals surface area contributed by atoms with Crippen LogP contribution in [0.4, 0.5) is 5.69 Å². The molecule has 2 nitrogen and oxygen atoms in total. The van der Waals surface area contributed by atoms with Crippen molar-refractivity contribution in [3.05, 3.63) is 15.8 Å². The third kappa shape index (κ3) is 1.05. The van der Waals surface area contributed by atoms with Crippen LogP contribution in [0.3, 0.4) is 0 Å². The Bertz CT molecular complexity index is 329. The molecular formula is C9H11NOS. The van der Waals surface area contributed by atoms with Gasteiger partial charge in [-0.15, -0.1) is 11.3 Å². The predicted molar refractivity (Wildman–Crippen MR) is 51.3 cm³/mol. The van der Waals surface area contributed by atoms with Crippen LogP contribution < -0.4 is 4.90 Å². The van der Waals surface area contributed by atoms with Crippen LogP contribution in [-0.2, 0) is 6.42 Å². The minimum Gasteiger partial charge on any atom is -0.373 e. The van der Waals surface area contributed by atoms with E-state index in [1.165, 1.54) is 10.6 Å². The molecule has 0 unspecified atom stereocenters. The van der Waals surface area contributed by atoms with E-state index >= 15 is 0 Å². The molecule has 3 heteroatoms. The molecule has 0 saturated carbocycles. The molecule has 0 saturated heterocycles. The summed E-state index contributed by atoms with van der Waals surface area (Å²) in [6, 6.07) is 2.01. The zero-order valence-corrected chi connectivity index (χ0v) is 8.07. The Labute approximate surface area is 75.8 Å². The molecule has 1 aliphatic heterocycles. The molecule has 0 N–H and O–H groups in total. The summed E-state index contributed by atoms with van der Waals surface area (Å²) in [4.78, 5) is 15.5. The molecular weight excluding hydrogens is 170 g/mol. The zero-order valence-electron chi connectivity index (χ0n) is 7.26. The number of anilines is 1. The van der Waals surface area contributed by atoms with Gasteiger partial charge in [0.25, 0.3) is 0 Å². The number of thiophene rings is 1. The lowest BCUT2D eigenvalue weighted by molar-refractivity contribution is 0.102. The molecule has 0 aromatic carbocycles. The minimum atomic E-state index is 0.183. The quantitative estimate of drug-likeness (QED) is 0.617. The van der Waals surface area contributed by atoms with Gasteiger partial charge in [-0.05, 0) is 13.0 Å². The summed E-state index contributed by atoms with van der Waals surface area (Å²) < 4.78 is 0. The Hall–Kier alpha value is -0.830. The Morgan fingerprint density at radius 1 is 1.67 bits per heavy atom. The highest BCUT2D eigenvalue weighted by Crippen LogP contribution is 2.34. The summed E-state index contributed by atoms with van der Waals surface area (Å²) >= 11 is 1.64. The first-order chi connectivity index (χ1) is 5.68. The fourth-order valence-corrected chi connectivity index (χ4v) is 2.58. The predicted octanol–water partition coefficient (Wildman–Crippen LogP) is 1.94. The summed E-state index contributed by atoms with van der Waals surface area (Å²) in [6.07, 6.45) is 1.10. The van der Waals surface area contributed by atoms with Crippen molar-refractivity contribution in [3.8, 4) is 0 Å². The van der Waals surface area contributed by atoms with Crippen molar-refractivity contribution in [2.75, 3.05) is 18.5 Å². The molecule has 1 aromatic rings. The lowest BCUT2D eigenvalue weighted by atomic mass is 10.3. The normalized spacial score (nSPS) is 15.0. The van der Waals surface area contributed by atoms with Gasteiger partial charge in [0, 0.05) is 24.9 Å². The van der Waals surface area contributed by atoms with Gasteiger partial charge in [0.1, 0.15) is 0 Å². The smallest absolute Gasteiger partial charge is 0.169 e. The zero-order chi connectivity index (χ0) is 8.72. The Kier molecular flexibility index (Phi) is 1.68. The van der Waals surface area contributed by atoms with E-state index in [0.29, 0.717) is 0 Å². The van der Waals surface area contributed by atoms with E-state index in [9.17, 15) is 4.79 Å². The van der Waals surface area contributed by atoms with Crippen LogP contribution >= 0.6 is 11.3 Å². The molecule has 0 bridgehead atoms. The van der Waals surface area contributed by atoms with Crippen molar-refractivity contribution in [1.29, 1.82) is 0 Å². The minimum absolute atomic E-state index is 0.183. The van der Waals surface area contributed by atoms with Gasteiger partial charge in [-0.25, -0.2) is 0 Å². The lowest BCUT2D eigenvalue weighted by Crippen LogP contribution is -2.12. The van der Waals surface area contributed by atoms with E-state index in [-0.39, 0.29) is 5.78 Å². The molecule has 0 radical (unpaired) electrons. The van der Waals surface area contributed by atoms with E-state index in [4.69, 9.17) is 0 Å². The number of likely N-dealkylation sites (N-methyl/N-ethyl adjacent to an activating group) is 1. The molecule has 1 aliphatic rings. The van der Waals surface area contributed by atoms with Gasteiger partial charge in [-0.2, -0.15) is 0 Å². The number of carbonyl (C=O) groups excluding carboxylic acids is 1. The topological polar surface area (TPSA) is 20.3 Å². The second kappa shape index (κ2) is 2.59. The summed E-state index contributed by atoms with van der Waals surface area (Å²) in [5.74, 6) is 0.183. The fourth-order valence-electron chi connectivity index (χ4n) is 1.48. The number of nitrogens with zero attached hydrogens (tertiary/aromatic N) is 1. The number of ketones is 1. The number of carbonyl (C=O) groups is 1. The van der Waals surface area contributed by atoms with E-state index in [1.54, 1.807) is 18.3 Å². The van der Waals surface area contributed by atoms with Crippen LogP contribution in [0.1, 0.15) is 21.5 Å². The van der Waals surface area contributed by atoms with Crippen LogP contribution in [0.25, 0.3) is 0 Å². The highest BCUT2D eigenvalue weighted by molar-refractivity contribution is 7.14. The summed E-state index contributed by atoms with van der Waals surface area (Å²) in [7, 11) is 2.07. The molecule has 0 amide bonds. The van der Waals surface area contributed by atoms with Crippen LogP contribution in [0.5, 0.6) is 0 Å². The van der Waals surface area contributed by atoms with E-state index in [0.717, 1.165) is 17.8 Å². The third-order valence-corrected chi connectivity index (χ3v) is 3.50. The largest absolute Gasteiger partial charge is 0.373 e. The maximum Gasteiger partial charge on any atom is 0.169 e. The summed E-state index contributed by atoms with van der Waals surface area (Å²) in [6.45, 7) is 2.72. The van der Waals surface area contributed by atoms with Crippen molar-refractivity contribution in [2.45, 2.75) is 13.3 Å². The highest BCUT2D eigenvalue weighted by atomic mass is 32.1. The number of Topliss-reactive ketones (excluding diaryl/α,β-unsaturated/α-hetero) is 1. The molecule has 0 spiro atoms. The monoisotopic (exact) mass is 181 g/mol. The van der Waals surface area contributed by atoms with Crippen LogP contribution in [0.2, 0.25) is 0 Å². The van der Waals surface area contributed by atoms with Crippen LogP contribution in [0, 0.1) is 0 Å². The van der Waals surface area contributed by atoms with Crippen molar-refractivity contribution < 1.29 is 4.79 Å².